The van der Waals surface area contributed by atoms with Crippen molar-refractivity contribution < 1.29 is 9.84 Å². The summed E-state index contributed by atoms with van der Waals surface area (Å²) in [4.78, 5) is 0. The molecule has 0 spiro atoms. The topological polar surface area (TPSA) is 41.5 Å². The Bertz CT molecular complexity index is 326. The minimum atomic E-state index is 0.0133. The van der Waals surface area contributed by atoms with Crippen LogP contribution in [0.4, 0.5) is 0 Å². The molecule has 90 valence electrons. The van der Waals surface area contributed by atoms with Crippen LogP contribution in [0, 0.1) is 6.92 Å². The van der Waals surface area contributed by atoms with Gasteiger partial charge in [-0.2, -0.15) is 0 Å². The lowest BCUT2D eigenvalue weighted by Gasteiger charge is -2.17. The molecule has 0 saturated carbocycles. The van der Waals surface area contributed by atoms with Crippen molar-refractivity contribution in [1.82, 2.24) is 5.32 Å². The Morgan fingerprint density at radius 1 is 1.38 bits per heavy atom. The lowest BCUT2D eigenvalue weighted by molar-refractivity contribution is 0.246. The van der Waals surface area contributed by atoms with E-state index in [-0.39, 0.29) is 12.6 Å². The number of rotatable bonds is 6. The van der Waals surface area contributed by atoms with Crippen LogP contribution in [-0.4, -0.2) is 24.9 Å². The van der Waals surface area contributed by atoms with Crippen molar-refractivity contribution in [2.24, 2.45) is 0 Å². The number of aliphatic hydroxyl groups excluding tert-OH is 1. The quantitative estimate of drug-likeness (QED) is 0.775. The van der Waals surface area contributed by atoms with Crippen molar-refractivity contribution in [1.29, 1.82) is 0 Å². The summed E-state index contributed by atoms with van der Waals surface area (Å²) in [5.41, 5.74) is 2.21. The number of aliphatic hydroxyl groups is 1. The van der Waals surface area contributed by atoms with Crippen molar-refractivity contribution in [3.63, 3.8) is 0 Å². The largest absolute Gasteiger partial charge is 0.494 e. The third kappa shape index (κ3) is 3.22. The normalized spacial score (nSPS) is 12.5. The predicted molar refractivity (Wildman–Crippen MR) is 65.9 cm³/mol. The van der Waals surface area contributed by atoms with Gasteiger partial charge < -0.3 is 15.2 Å². The first kappa shape index (κ1) is 13.0. The smallest absolute Gasteiger partial charge is 0.122 e. The maximum absolute atomic E-state index is 9.28. The fourth-order valence-electron chi connectivity index (χ4n) is 1.74. The summed E-state index contributed by atoms with van der Waals surface area (Å²) in [5, 5.41) is 12.5. The molecule has 0 amide bonds. The average molecular weight is 223 g/mol. The van der Waals surface area contributed by atoms with Gasteiger partial charge in [0.25, 0.3) is 0 Å². The Kier molecular flexibility index (Phi) is 5.29. The van der Waals surface area contributed by atoms with Gasteiger partial charge in [-0.25, -0.2) is 0 Å². The summed E-state index contributed by atoms with van der Waals surface area (Å²) in [5.74, 6) is 0.916. The van der Waals surface area contributed by atoms with Crippen LogP contribution in [0.25, 0.3) is 0 Å². The molecule has 3 heteroatoms. The Hall–Kier alpha value is -1.06. The van der Waals surface area contributed by atoms with E-state index in [2.05, 4.69) is 11.4 Å². The van der Waals surface area contributed by atoms with E-state index in [0.29, 0.717) is 6.61 Å². The number of hydrogen-bond donors (Lipinski definition) is 2. The molecule has 1 aromatic rings. The molecule has 1 unspecified atom stereocenters. The molecule has 16 heavy (non-hydrogen) atoms. The first-order chi connectivity index (χ1) is 7.72. The van der Waals surface area contributed by atoms with Crippen molar-refractivity contribution in [3.05, 3.63) is 29.3 Å². The standard InChI is InChI=1S/C13H21NO2/c1-4-14-12(9-15)11-6-7-13(16-5-2)10(3)8-11/h6-8,12,14-15H,4-5,9H2,1-3H3. The highest BCUT2D eigenvalue weighted by Crippen LogP contribution is 2.22. The van der Waals surface area contributed by atoms with Gasteiger partial charge in [-0.1, -0.05) is 19.1 Å². The molecule has 3 nitrogen and oxygen atoms in total. The number of hydrogen-bond acceptors (Lipinski definition) is 3. The van der Waals surface area contributed by atoms with Crippen molar-refractivity contribution in [2.45, 2.75) is 26.8 Å². The molecular formula is C13H21NO2. The third-order valence-electron chi connectivity index (χ3n) is 2.53. The molecule has 2 N–H and O–H groups in total. The Balaban J connectivity index is 2.85. The van der Waals surface area contributed by atoms with Gasteiger partial charge in [-0.3, -0.25) is 0 Å². The third-order valence-corrected chi connectivity index (χ3v) is 2.53. The number of nitrogens with one attached hydrogen (secondary N) is 1. The van der Waals surface area contributed by atoms with Crippen molar-refractivity contribution in [3.8, 4) is 5.75 Å². The molecule has 0 radical (unpaired) electrons. The highest BCUT2D eigenvalue weighted by molar-refractivity contribution is 5.37. The zero-order valence-electron chi connectivity index (χ0n) is 10.3. The second-order valence-corrected chi connectivity index (χ2v) is 3.75. The highest BCUT2D eigenvalue weighted by Gasteiger charge is 2.10. The Morgan fingerprint density at radius 3 is 2.62 bits per heavy atom. The summed E-state index contributed by atoms with van der Waals surface area (Å²) in [6, 6.07) is 6.05. The van der Waals surface area contributed by atoms with Crippen LogP contribution in [-0.2, 0) is 0 Å². The molecule has 0 aliphatic carbocycles. The van der Waals surface area contributed by atoms with Gasteiger partial charge in [0.15, 0.2) is 0 Å². The molecule has 1 aromatic carbocycles. The Labute approximate surface area is 97.4 Å². The van der Waals surface area contributed by atoms with Crippen LogP contribution in [0.15, 0.2) is 18.2 Å². The van der Waals surface area contributed by atoms with Gasteiger partial charge >= 0.3 is 0 Å². The van der Waals surface area contributed by atoms with Crippen LogP contribution in [0.3, 0.4) is 0 Å². The lowest BCUT2D eigenvalue weighted by atomic mass is 10.0. The maximum atomic E-state index is 9.28. The highest BCUT2D eigenvalue weighted by atomic mass is 16.5. The molecular weight excluding hydrogens is 202 g/mol. The van der Waals surface area contributed by atoms with Crippen molar-refractivity contribution in [2.75, 3.05) is 19.8 Å². The minimum Gasteiger partial charge on any atom is -0.494 e. The fourth-order valence-corrected chi connectivity index (χ4v) is 1.74. The van der Waals surface area contributed by atoms with E-state index in [4.69, 9.17) is 4.74 Å². The number of benzene rings is 1. The van der Waals surface area contributed by atoms with E-state index in [1.54, 1.807) is 0 Å². The molecule has 0 fully saturated rings. The summed E-state index contributed by atoms with van der Waals surface area (Å²) in [6.45, 7) is 7.66. The SMILES string of the molecule is CCNC(CO)c1ccc(OCC)c(C)c1. The molecule has 0 aromatic heterocycles. The maximum Gasteiger partial charge on any atom is 0.122 e. The van der Waals surface area contributed by atoms with E-state index < -0.39 is 0 Å². The van der Waals surface area contributed by atoms with Gasteiger partial charge in [0.05, 0.1) is 19.3 Å². The van der Waals surface area contributed by atoms with Crippen LogP contribution in [0.1, 0.15) is 31.0 Å². The Morgan fingerprint density at radius 2 is 2.12 bits per heavy atom. The summed E-state index contributed by atoms with van der Waals surface area (Å²) in [7, 11) is 0. The van der Waals surface area contributed by atoms with E-state index in [0.717, 1.165) is 23.4 Å². The van der Waals surface area contributed by atoms with Crippen LogP contribution in [0.5, 0.6) is 5.75 Å². The predicted octanol–water partition coefficient (Wildman–Crippen LogP) is 2.04. The van der Waals surface area contributed by atoms with Crippen LogP contribution >= 0.6 is 0 Å². The number of aryl methyl sites for hydroxylation is 1. The zero-order chi connectivity index (χ0) is 12.0. The lowest BCUT2D eigenvalue weighted by Crippen LogP contribution is -2.24. The molecule has 0 heterocycles. The molecule has 1 rings (SSSR count). The number of ether oxygens (including phenoxy) is 1. The summed E-state index contributed by atoms with van der Waals surface area (Å²) in [6.07, 6.45) is 0. The monoisotopic (exact) mass is 223 g/mol. The first-order valence-electron chi connectivity index (χ1n) is 5.80. The summed E-state index contributed by atoms with van der Waals surface area (Å²) >= 11 is 0. The van der Waals surface area contributed by atoms with Gasteiger partial charge in [0.2, 0.25) is 0 Å². The van der Waals surface area contributed by atoms with Gasteiger partial charge in [0.1, 0.15) is 5.75 Å². The average Bonchev–Trinajstić information content (AvgIpc) is 2.29. The summed E-state index contributed by atoms with van der Waals surface area (Å²) < 4.78 is 5.48. The fraction of sp³-hybridized carbons (Fsp3) is 0.538. The van der Waals surface area contributed by atoms with E-state index in [1.807, 2.05) is 32.9 Å². The van der Waals surface area contributed by atoms with Gasteiger partial charge in [0, 0.05) is 0 Å². The van der Waals surface area contributed by atoms with E-state index in [1.165, 1.54) is 0 Å². The van der Waals surface area contributed by atoms with Gasteiger partial charge in [-0.05, 0) is 37.6 Å². The molecule has 0 aliphatic rings. The second-order valence-electron chi connectivity index (χ2n) is 3.75. The number of likely N-dealkylation sites (N-methyl/N-ethyl adjacent to an activating group) is 1. The molecule has 0 saturated heterocycles. The molecule has 1 atom stereocenters. The van der Waals surface area contributed by atoms with E-state index in [9.17, 15) is 5.11 Å². The first-order valence-corrected chi connectivity index (χ1v) is 5.80. The zero-order valence-corrected chi connectivity index (χ0v) is 10.3. The molecule has 0 bridgehead atoms. The molecule has 0 aliphatic heterocycles. The minimum absolute atomic E-state index is 0.0133. The van der Waals surface area contributed by atoms with Crippen LogP contribution in [0.2, 0.25) is 0 Å². The van der Waals surface area contributed by atoms with Gasteiger partial charge in [-0.15, -0.1) is 0 Å². The van der Waals surface area contributed by atoms with Crippen LogP contribution < -0.4 is 10.1 Å². The van der Waals surface area contributed by atoms with E-state index >= 15 is 0 Å². The second kappa shape index (κ2) is 6.51. The van der Waals surface area contributed by atoms with Crippen molar-refractivity contribution >= 4 is 0 Å².